The van der Waals surface area contributed by atoms with Gasteiger partial charge >= 0.3 is 0 Å². The number of halogens is 3. The van der Waals surface area contributed by atoms with Crippen molar-refractivity contribution in [2.24, 2.45) is 17.8 Å². The molecule has 1 aromatic rings. The molecule has 0 radical (unpaired) electrons. The van der Waals surface area contributed by atoms with Crippen molar-refractivity contribution in [2.45, 2.75) is 25.8 Å². The van der Waals surface area contributed by atoms with E-state index in [0.717, 1.165) is 22.0 Å². The Bertz CT molecular complexity index is 506. The summed E-state index contributed by atoms with van der Waals surface area (Å²) in [5, 5.41) is 4.86. The summed E-state index contributed by atoms with van der Waals surface area (Å²) in [5.41, 5.74) is 0.853. The third-order valence-corrected chi connectivity index (χ3v) is 5.41. The minimum absolute atomic E-state index is 0.385. The van der Waals surface area contributed by atoms with Crippen LogP contribution in [0.2, 0.25) is 10.0 Å². The number of rotatable bonds is 3. The summed E-state index contributed by atoms with van der Waals surface area (Å²) in [7, 11) is 0. The Morgan fingerprint density at radius 3 is 2.42 bits per heavy atom. The van der Waals surface area contributed by atoms with E-state index in [9.17, 15) is 0 Å². The van der Waals surface area contributed by atoms with Gasteiger partial charge in [-0.15, -0.1) is 0 Å². The Kier molecular flexibility index (Phi) is 3.85. The van der Waals surface area contributed by atoms with Gasteiger partial charge in [-0.25, -0.2) is 0 Å². The maximum atomic E-state index is 6.27. The van der Waals surface area contributed by atoms with Crippen LogP contribution in [0.1, 0.15) is 19.8 Å². The fourth-order valence-electron chi connectivity index (χ4n) is 3.41. The first kappa shape index (κ1) is 13.8. The van der Waals surface area contributed by atoms with Crippen molar-refractivity contribution in [1.82, 2.24) is 0 Å². The molecular formula is C15H16BrCl2N. The highest BCUT2D eigenvalue weighted by Crippen LogP contribution is 2.46. The first-order chi connectivity index (χ1) is 9.04. The average molecular weight is 361 g/mol. The van der Waals surface area contributed by atoms with Gasteiger partial charge in [-0.05, 0) is 49.7 Å². The lowest BCUT2D eigenvalue weighted by Gasteiger charge is -2.28. The van der Waals surface area contributed by atoms with Gasteiger partial charge in [-0.2, -0.15) is 0 Å². The minimum atomic E-state index is 0.385. The molecule has 1 fully saturated rings. The monoisotopic (exact) mass is 359 g/mol. The van der Waals surface area contributed by atoms with Gasteiger partial charge in [0.2, 0.25) is 0 Å². The zero-order valence-corrected chi connectivity index (χ0v) is 13.8. The first-order valence-corrected chi connectivity index (χ1v) is 8.19. The fraction of sp³-hybridized carbons (Fsp3) is 0.467. The predicted molar refractivity (Wildman–Crippen MR) is 86.1 cm³/mol. The van der Waals surface area contributed by atoms with Crippen molar-refractivity contribution in [2.75, 3.05) is 5.32 Å². The van der Waals surface area contributed by atoms with E-state index < -0.39 is 0 Å². The zero-order valence-electron chi connectivity index (χ0n) is 10.7. The Labute approximate surface area is 132 Å². The maximum Gasteiger partial charge on any atom is 0.0721 e. The largest absolute Gasteiger partial charge is 0.380 e. The van der Waals surface area contributed by atoms with Crippen molar-refractivity contribution in [3.8, 4) is 0 Å². The minimum Gasteiger partial charge on any atom is -0.380 e. The molecule has 1 saturated carbocycles. The van der Waals surface area contributed by atoms with Crippen molar-refractivity contribution in [3.63, 3.8) is 0 Å². The molecule has 4 atom stereocenters. The van der Waals surface area contributed by atoms with Crippen LogP contribution in [0.4, 0.5) is 5.69 Å². The molecule has 2 aliphatic carbocycles. The van der Waals surface area contributed by atoms with Crippen LogP contribution in [-0.4, -0.2) is 6.04 Å². The molecule has 4 heteroatoms. The number of benzene rings is 1. The summed E-state index contributed by atoms with van der Waals surface area (Å²) in [4.78, 5) is 0. The highest BCUT2D eigenvalue weighted by atomic mass is 79.9. The van der Waals surface area contributed by atoms with Crippen LogP contribution in [0.25, 0.3) is 0 Å². The summed E-state index contributed by atoms with van der Waals surface area (Å²) in [6.07, 6.45) is 7.34. The standard InChI is InChI=1S/C15H16BrCl2N/c1-8(12-5-9-2-3-10(12)4-9)19-15-13(17)6-11(16)7-14(15)18/h2-3,6-10,12,19H,4-5H2,1H3. The fourth-order valence-corrected chi connectivity index (χ4v) is 4.73. The van der Waals surface area contributed by atoms with Gasteiger partial charge in [-0.1, -0.05) is 51.3 Å². The molecule has 1 nitrogen and oxygen atoms in total. The number of anilines is 1. The van der Waals surface area contributed by atoms with E-state index in [4.69, 9.17) is 23.2 Å². The summed E-state index contributed by atoms with van der Waals surface area (Å²) in [5.74, 6) is 2.20. The summed E-state index contributed by atoms with van der Waals surface area (Å²) < 4.78 is 0.906. The van der Waals surface area contributed by atoms with E-state index >= 15 is 0 Å². The van der Waals surface area contributed by atoms with Crippen LogP contribution in [0.15, 0.2) is 28.8 Å². The van der Waals surface area contributed by atoms with Gasteiger partial charge in [0, 0.05) is 10.5 Å². The van der Waals surface area contributed by atoms with E-state index in [1.807, 2.05) is 12.1 Å². The molecule has 0 saturated heterocycles. The Morgan fingerprint density at radius 1 is 1.21 bits per heavy atom. The summed E-state index contributed by atoms with van der Waals surface area (Å²) in [6, 6.07) is 4.14. The molecule has 2 aliphatic rings. The van der Waals surface area contributed by atoms with Gasteiger partial charge in [0.25, 0.3) is 0 Å². The van der Waals surface area contributed by atoms with E-state index in [2.05, 4.69) is 40.3 Å². The highest BCUT2D eigenvalue weighted by molar-refractivity contribution is 9.10. The zero-order chi connectivity index (χ0) is 13.6. The highest BCUT2D eigenvalue weighted by Gasteiger charge is 2.38. The second-order valence-corrected chi connectivity index (χ2v) is 7.35. The van der Waals surface area contributed by atoms with Crippen LogP contribution in [-0.2, 0) is 0 Å². The van der Waals surface area contributed by atoms with Crippen LogP contribution in [0, 0.1) is 17.8 Å². The quantitative estimate of drug-likeness (QED) is 0.674. The normalized spacial score (nSPS) is 29.8. The molecule has 1 aromatic carbocycles. The van der Waals surface area contributed by atoms with Crippen LogP contribution >= 0.6 is 39.1 Å². The number of fused-ring (bicyclic) bond motifs is 2. The van der Waals surface area contributed by atoms with Crippen LogP contribution in [0.3, 0.4) is 0 Å². The van der Waals surface area contributed by atoms with Crippen molar-refractivity contribution in [1.29, 1.82) is 0 Å². The van der Waals surface area contributed by atoms with Crippen LogP contribution in [0.5, 0.6) is 0 Å². The van der Waals surface area contributed by atoms with E-state index in [1.54, 1.807) is 0 Å². The predicted octanol–water partition coefficient (Wildman–Crippen LogP) is 5.77. The van der Waals surface area contributed by atoms with Crippen molar-refractivity contribution in [3.05, 3.63) is 38.8 Å². The third-order valence-electron chi connectivity index (χ3n) is 4.35. The number of allylic oxidation sites excluding steroid dienone is 2. The van der Waals surface area contributed by atoms with E-state index in [1.165, 1.54) is 12.8 Å². The second-order valence-electron chi connectivity index (χ2n) is 5.62. The number of hydrogen-bond acceptors (Lipinski definition) is 1. The first-order valence-electron chi connectivity index (χ1n) is 6.64. The lowest BCUT2D eigenvalue weighted by molar-refractivity contribution is 0.400. The number of hydrogen-bond donors (Lipinski definition) is 1. The smallest absolute Gasteiger partial charge is 0.0721 e. The van der Waals surface area contributed by atoms with Gasteiger partial charge in [0.05, 0.1) is 15.7 Å². The van der Waals surface area contributed by atoms with Gasteiger partial charge < -0.3 is 5.32 Å². The molecule has 2 bridgehead atoms. The molecule has 0 amide bonds. The molecule has 0 aliphatic heterocycles. The van der Waals surface area contributed by atoms with Crippen LogP contribution < -0.4 is 5.32 Å². The summed E-state index contributed by atoms with van der Waals surface area (Å²) >= 11 is 15.9. The topological polar surface area (TPSA) is 12.0 Å². The van der Waals surface area contributed by atoms with E-state index in [-0.39, 0.29) is 0 Å². The van der Waals surface area contributed by atoms with Gasteiger partial charge in [-0.3, -0.25) is 0 Å². The van der Waals surface area contributed by atoms with E-state index in [0.29, 0.717) is 22.0 Å². The molecule has 19 heavy (non-hydrogen) atoms. The maximum absolute atomic E-state index is 6.27. The van der Waals surface area contributed by atoms with Gasteiger partial charge in [0.15, 0.2) is 0 Å². The third kappa shape index (κ3) is 2.68. The Morgan fingerprint density at radius 2 is 1.89 bits per heavy atom. The second kappa shape index (κ2) is 5.31. The van der Waals surface area contributed by atoms with Gasteiger partial charge in [0.1, 0.15) is 0 Å². The Balaban J connectivity index is 1.77. The molecule has 102 valence electrons. The lowest BCUT2D eigenvalue weighted by atomic mass is 9.87. The number of nitrogens with one attached hydrogen (secondary N) is 1. The molecule has 4 unspecified atom stereocenters. The molecule has 1 N–H and O–H groups in total. The molecule has 0 heterocycles. The summed E-state index contributed by atoms with van der Waals surface area (Å²) in [6.45, 7) is 2.23. The molecule has 0 aromatic heterocycles. The SMILES string of the molecule is CC(Nc1c(Cl)cc(Br)cc1Cl)C1CC2C=CC1C2. The van der Waals surface area contributed by atoms with Crippen molar-refractivity contribution >= 4 is 44.8 Å². The van der Waals surface area contributed by atoms with Crippen molar-refractivity contribution < 1.29 is 0 Å². The molecule has 3 rings (SSSR count). The lowest BCUT2D eigenvalue weighted by Crippen LogP contribution is -2.29. The Hall–Kier alpha value is -0.180. The molecular weight excluding hydrogens is 345 g/mol. The molecule has 0 spiro atoms. The average Bonchev–Trinajstić information content (AvgIpc) is 2.95.